The minimum absolute atomic E-state index is 0.0243. The Morgan fingerprint density at radius 2 is 1.82 bits per heavy atom. The molecule has 2 fully saturated rings. The molecule has 0 bridgehead atoms. The van der Waals surface area contributed by atoms with E-state index < -0.39 is 27.9 Å². The van der Waals surface area contributed by atoms with Crippen LogP contribution in [0.5, 0.6) is 5.75 Å². The third kappa shape index (κ3) is 9.18. The summed E-state index contributed by atoms with van der Waals surface area (Å²) < 4.78 is 41.9. The van der Waals surface area contributed by atoms with Gasteiger partial charge in [0.25, 0.3) is 15.9 Å². The molecule has 0 spiro atoms. The van der Waals surface area contributed by atoms with Gasteiger partial charge in [-0.3, -0.25) is 24.3 Å². The minimum atomic E-state index is -4.24. The van der Waals surface area contributed by atoms with E-state index in [0.717, 1.165) is 92.4 Å². The molecule has 7 N–H and O–H groups in total. The van der Waals surface area contributed by atoms with E-state index in [4.69, 9.17) is 20.9 Å². The van der Waals surface area contributed by atoms with Crippen LogP contribution < -0.4 is 26.2 Å². The van der Waals surface area contributed by atoms with E-state index in [-0.39, 0.29) is 34.4 Å². The van der Waals surface area contributed by atoms with Crippen molar-refractivity contribution in [1.82, 2.24) is 15.1 Å². The second kappa shape index (κ2) is 16.4. The Kier molecular flexibility index (Phi) is 11.8. The second-order valence-corrected chi connectivity index (χ2v) is 15.6. The number of carboxylic acid groups (broad SMARTS) is 1. The molecule has 0 radical (unpaired) electrons. The van der Waals surface area contributed by atoms with E-state index in [9.17, 15) is 23.1 Å². The zero-order valence-electron chi connectivity index (χ0n) is 28.4. The van der Waals surface area contributed by atoms with Crippen molar-refractivity contribution in [1.29, 1.82) is 0 Å². The Morgan fingerprint density at radius 1 is 1.04 bits per heavy atom. The number of anilines is 1. The van der Waals surface area contributed by atoms with Crippen LogP contribution >= 0.6 is 11.3 Å². The number of nitrogens with zero attached hydrogens (tertiary/aromatic N) is 3. The number of fused-ring (bicyclic) bond motifs is 1. The van der Waals surface area contributed by atoms with Crippen LogP contribution in [0.1, 0.15) is 46.5 Å². The number of amides is 1. The molecule has 0 unspecified atom stereocenters. The van der Waals surface area contributed by atoms with Crippen molar-refractivity contribution in [3.63, 3.8) is 0 Å². The number of carbonyl (C=O) groups excluding carboxylic acids is 1. The molecule has 274 valence electrons. The van der Waals surface area contributed by atoms with Crippen LogP contribution in [0, 0.1) is 0 Å². The van der Waals surface area contributed by atoms with Gasteiger partial charge in [0, 0.05) is 38.6 Å². The summed E-state index contributed by atoms with van der Waals surface area (Å²) in [7, 11) is -4.24. The van der Waals surface area contributed by atoms with Crippen molar-refractivity contribution in [3.05, 3.63) is 63.8 Å². The molecule has 2 aromatic carbocycles. The first-order chi connectivity index (χ1) is 24.6. The first kappa shape index (κ1) is 36.6. The standard InChI is InChI=1S/C35H45N7O7S2/c36-35(37)38-10-2-5-29(34(44)45)39-33(43)32-28(9-18-50-32)40-51(46,47)30-21-26(20-25-8-15-49-31(25)30)24-4-1-3-23(19-24)22-41-11-6-27(7-12-41)42-13-16-48-17-14-42/h1,3-4,9,18-21,27,29,40H,2,5-8,10-17,22H2,(H,39,43)(H,44,45)(H4,36,37,38)/t29-/m0/s1. The summed E-state index contributed by atoms with van der Waals surface area (Å²) in [4.78, 5) is 33.9. The van der Waals surface area contributed by atoms with Crippen molar-refractivity contribution in [2.75, 3.05) is 57.3 Å². The Labute approximate surface area is 301 Å². The zero-order chi connectivity index (χ0) is 36.0. The molecule has 6 rings (SSSR count). The van der Waals surface area contributed by atoms with Crippen molar-refractivity contribution >= 4 is 44.9 Å². The summed E-state index contributed by atoms with van der Waals surface area (Å²) in [5, 5.41) is 13.7. The van der Waals surface area contributed by atoms with Crippen molar-refractivity contribution in [2.24, 2.45) is 16.5 Å². The lowest BCUT2D eigenvalue weighted by atomic mass is 9.99. The second-order valence-electron chi connectivity index (χ2n) is 13.0. The van der Waals surface area contributed by atoms with Crippen molar-refractivity contribution in [2.45, 2.75) is 55.6 Å². The Balaban J connectivity index is 1.16. The highest BCUT2D eigenvalue weighted by Crippen LogP contribution is 2.39. The maximum absolute atomic E-state index is 14.0. The average Bonchev–Trinajstić information content (AvgIpc) is 3.79. The maximum Gasteiger partial charge on any atom is 0.326 e. The van der Waals surface area contributed by atoms with Gasteiger partial charge in [0.05, 0.1) is 25.5 Å². The Morgan fingerprint density at radius 3 is 2.57 bits per heavy atom. The van der Waals surface area contributed by atoms with Crippen molar-refractivity contribution in [3.8, 4) is 16.9 Å². The number of nitrogens with one attached hydrogen (secondary N) is 2. The van der Waals surface area contributed by atoms with Crippen LogP contribution in [0.4, 0.5) is 5.69 Å². The van der Waals surface area contributed by atoms with E-state index >= 15 is 0 Å². The maximum atomic E-state index is 14.0. The van der Waals surface area contributed by atoms with Gasteiger partial charge in [0.2, 0.25) is 0 Å². The smallest absolute Gasteiger partial charge is 0.326 e. The number of benzene rings is 2. The molecular formula is C35H45N7O7S2. The van der Waals surface area contributed by atoms with Gasteiger partial charge in [-0.1, -0.05) is 18.2 Å². The number of aliphatic carboxylic acids is 1. The summed E-state index contributed by atoms with van der Waals surface area (Å²) in [6.45, 7) is 7.05. The van der Waals surface area contributed by atoms with E-state index in [0.29, 0.717) is 31.2 Å². The van der Waals surface area contributed by atoms with E-state index in [2.05, 4.69) is 37.0 Å². The largest absolute Gasteiger partial charge is 0.492 e. The number of rotatable bonds is 14. The predicted octanol–water partition coefficient (Wildman–Crippen LogP) is 2.68. The summed E-state index contributed by atoms with van der Waals surface area (Å²) in [6.07, 6.45) is 3.22. The number of hydrogen-bond donors (Lipinski definition) is 5. The topological polar surface area (TPSA) is 202 Å². The summed E-state index contributed by atoms with van der Waals surface area (Å²) >= 11 is 0.998. The highest BCUT2D eigenvalue weighted by Gasteiger charge is 2.30. The van der Waals surface area contributed by atoms with Crippen LogP contribution in [0.15, 0.2) is 57.7 Å². The quantitative estimate of drug-likeness (QED) is 0.0925. The third-order valence-electron chi connectivity index (χ3n) is 9.49. The number of carbonyl (C=O) groups is 2. The Bertz CT molecular complexity index is 1850. The van der Waals surface area contributed by atoms with Crippen LogP contribution in [-0.4, -0.2) is 106 Å². The molecule has 51 heavy (non-hydrogen) atoms. The molecule has 16 heteroatoms. The minimum Gasteiger partial charge on any atom is -0.492 e. The van der Waals surface area contributed by atoms with Gasteiger partial charge in [0.1, 0.15) is 21.6 Å². The number of morpholine rings is 1. The average molecular weight is 740 g/mol. The number of likely N-dealkylation sites (tertiary alicyclic amines) is 1. The number of thiophene rings is 1. The molecule has 1 amide bonds. The van der Waals surface area contributed by atoms with E-state index in [1.54, 1.807) is 11.4 Å². The van der Waals surface area contributed by atoms with Gasteiger partial charge in [-0.15, -0.1) is 11.3 Å². The lowest BCUT2D eigenvalue weighted by Crippen LogP contribution is -2.48. The highest BCUT2D eigenvalue weighted by atomic mass is 32.2. The summed E-state index contributed by atoms with van der Waals surface area (Å²) in [5.74, 6) is -1.76. The van der Waals surface area contributed by atoms with E-state index in [1.807, 2.05) is 18.2 Å². The molecule has 4 heterocycles. The summed E-state index contributed by atoms with van der Waals surface area (Å²) in [6, 6.07) is 12.7. The lowest BCUT2D eigenvalue weighted by molar-refractivity contribution is -0.139. The molecule has 3 aliphatic heterocycles. The third-order valence-corrected chi connectivity index (χ3v) is 11.8. The molecule has 1 atom stereocenters. The number of carboxylic acids is 1. The lowest BCUT2D eigenvalue weighted by Gasteiger charge is -2.40. The number of nitrogens with two attached hydrogens (primary N) is 2. The SMILES string of the molecule is NC(N)=NCCC[C@H](NC(=O)c1sccc1NS(=O)(=O)c1cc(-c2cccc(CN3CCC(N4CCOCC4)CC3)c2)cc2c1OCC2)C(=O)O. The van der Waals surface area contributed by atoms with Crippen LogP contribution in [0.3, 0.4) is 0 Å². The monoisotopic (exact) mass is 739 g/mol. The number of ether oxygens (including phenoxy) is 2. The van der Waals surface area contributed by atoms with Gasteiger partial charge < -0.3 is 31.4 Å². The first-order valence-electron chi connectivity index (χ1n) is 17.2. The van der Waals surface area contributed by atoms with Gasteiger partial charge >= 0.3 is 5.97 Å². The van der Waals surface area contributed by atoms with E-state index in [1.165, 1.54) is 6.07 Å². The fourth-order valence-corrected chi connectivity index (χ4v) is 8.98. The normalized spacial score (nSPS) is 17.6. The molecule has 2 saturated heterocycles. The van der Waals surface area contributed by atoms with Crippen LogP contribution in [0.25, 0.3) is 11.1 Å². The first-order valence-corrected chi connectivity index (χ1v) is 19.6. The number of sulfonamides is 1. The molecule has 0 aliphatic carbocycles. The molecular weight excluding hydrogens is 695 g/mol. The predicted molar refractivity (Wildman–Crippen MR) is 196 cm³/mol. The number of guanidine groups is 1. The number of hydrogen-bond acceptors (Lipinski definition) is 10. The van der Waals surface area contributed by atoms with Gasteiger partial charge in [-0.2, -0.15) is 0 Å². The van der Waals surface area contributed by atoms with Gasteiger partial charge in [-0.05, 0) is 90.7 Å². The number of piperidine rings is 1. The zero-order valence-corrected chi connectivity index (χ0v) is 30.0. The fourth-order valence-electron chi connectivity index (χ4n) is 6.88. The molecule has 14 nitrogen and oxygen atoms in total. The molecule has 3 aromatic rings. The molecule has 1 aromatic heterocycles. The highest BCUT2D eigenvalue weighted by molar-refractivity contribution is 7.92. The van der Waals surface area contributed by atoms with Crippen LogP contribution in [-0.2, 0) is 32.5 Å². The molecule has 0 saturated carbocycles. The van der Waals surface area contributed by atoms with Crippen LogP contribution in [0.2, 0.25) is 0 Å². The molecule has 3 aliphatic rings. The van der Waals surface area contributed by atoms with Gasteiger partial charge in [-0.25, -0.2) is 13.2 Å². The Hall–Kier alpha value is -4.22. The number of aliphatic imine (C=N–C) groups is 1. The van der Waals surface area contributed by atoms with Crippen molar-refractivity contribution < 1.29 is 32.6 Å². The fraction of sp³-hybridized carbons (Fsp3) is 0.457. The summed E-state index contributed by atoms with van der Waals surface area (Å²) in [5.41, 5.74) is 14.3. The van der Waals surface area contributed by atoms with Gasteiger partial charge in [0.15, 0.2) is 5.96 Å².